The molecule has 0 bridgehead atoms. The Bertz CT molecular complexity index is 439. The van der Waals surface area contributed by atoms with Gasteiger partial charge in [0, 0.05) is 13.1 Å². The Hall–Kier alpha value is -1.26. The van der Waals surface area contributed by atoms with Crippen molar-refractivity contribution in [1.82, 2.24) is 5.32 Å². The van der Waals surface area contributed by atoms with Crippen LogP contribution in [0.1, 0.15) is 24.0 Å². The highest BCUT2D eigenvalue weighted by Gasteiger charge is 2.39. The van der Waals surface area contributed by atoms with Gasteiger partial charge in [0.15, 0.2) is 11.5 Å². The van der Waals surface area contributed by atoms with Crippen LogP contribution in [0.5, 0.6) is 11.5 Å². The van der Waals surface area contributed by atoms with E-state index in [2.05, 4.69) is 5.32 Å². The van der Waals surface area contributed by atoms with Gasteiger partial charge in [-0.2, -0.15) is 0 Å². The van der Waals surface area contributed by atoms with Gasteiger partial charge in [-0.25, -0.2) is 0 Å². The highest BCUT2D eigenvalue weighted by molar-refractivity contribution is 5.49. The summed E-state index contributed by atoms with van der Waals surface area (Å²) in [4.78, 5) is 0. The maximum Gasteiger partial charge on any atom is 0.157 e. The maximum atomic E-state index is 9.66. The minimum absolute atomic E-state index is 0.0374. The highest BCUT2D eigenvalue weighted by Crippen LogP contribution is 2.43. The van der Waals surface area contributed by atoms with Crippen LogP contribution in [0.3, 0.4) is 0 Å². The van der Waals surface area contributed by atoms with Crippen LogP contribution in [-0.4, -0.2) is 29.9 Å². The largest absolute Gasteiger partial charge is 0.504 e. The Morgan fingerprint density at radius 2 is 2.06 bits per heavy atom. The number of morpholine rings is 1. The Labute approximate surface area is 100 Å². The number of benzene rings is 1. The first kappa shape index (κ1) is 10.9. The molecule has 1 atom stereocenters. The zero-order valence-electron chi connectivity index (χ0n) is 9.70. The van der Waals surface area contributed by atoms with Gasteiger partial charge in [-0.05, 0) is 42.5 Å². The number of phenols is 2. The van der Waals surface area contributed by atoms with E-state index in [9.17, 15) is 10.2 Å². The minimum atomic E-state index is -0.309. The summed E-state index contributed by atoms with van der Waals surface area (Å²) in [5, 5.41) is 22.6. The molecule has 1 saturated heterocycles. The van der Waals surface area contributed by atoms with Gasteiger partial charge in [-0.3, -0.25) is 0 Å². The van der Waals surface area contributed by atoms with Crippen LogP contribution in [-0.2, 0) is 16.8 Å². The third-order valence-electron chi connectivity index (χ3n) is 3.79. The van der Waals surface area contributed by atoms with E-state index < -0.39 is 0 Å². The van der Waals surface area contributed by atoms with Crippen molar-refractivity contribution in [2.75, 3.05) is 19.7 Å². The van der Waals surface area contributed by atoms with Crippen LogP contribution in [0.25, 0.3) is 0 Å². The molecule has 1 aliphatic heterocycles. The number of aromatic hydroxyl groups is 2. The van der Waals surface area contributed by atoms with Crippen molar-refractivity contribution in [2.24, 2.45) is 0 Å². The molecule has 0 aromatic heterocycles. The van der Waals surface area contributed by atoms with E-state index in [1.165, 1.54) is 0 Å². The van der Waals surface area contributed by atoms with Gasteiger partial charge in [-0.1, -0.05) is 0 Å². The van der Waals surface area contributed by atoms with Crippen molar-refractivity contribution in [1.29, 1.82) is 0 Å². The van der Waals surface area contributed by atoms with Gasteiger partial charge in [-0.15, -0.1) is 0 Å². The normalized spacial score (nSPS) is 28.0. The predicted molar refractivity (Wildman–Crippen MR) is 63.2 cm³/mol. The van der Waals surface area contributed by atoms with Crippen LogP contribution in [0.2, 0.25) is 0 Å². The third-order valence-corrected chi connectivity index (χ3v) is 3.79. The van der Waals surface area contributed by atoms with Gasteiger partial charge in [0.2, 0.25) is 0 Å². The number of fused-ring (bicyclic) bond motifs is 2. The maximum absolute atomic E-state index is 9.66. The van der Waals surface area contributed by atoms with Gasteiger partial charge >= 0.3 is 0 Å². The lowest BCUT2D eigenvalue weighted by atomic mass is 9.78. The average molecular weight is 235 g/mol. The number of rotatable bonds is 0. The molecule has 17 heavy (non-hydrogen) atoms. The monoisotopic (exact) mass is 235 g/mol. The number of phenolic OH excluding ortho intramolecular Hbond substituents is 2. The molecule has 0 amide bonds. The molecule has 3 N–H and O–H groups in total. The number of hydrogen-bond acceptors (Lipinski definition) is 4. The highest BCUT2D eigenvalue weighted by atomic mass is 16.5. The van der Waals surface area contributed by atoms with Crippen molar-refractivity contribution in [3.8, 4) is 11.5 Å². The lowest BCUT2D eigenvalue weighted by Crippen LogP contribution is -2.49. The lowest BCUT2D eigenvalue weighted by Gasteiger charge is -2.42. The van der Waals surface area contributed by atoms with Crippen molar-refractivity contribution >= 4 is 0 Å². The summed E-state index contributed by atoms with van der Waals surface area (Å²) in [6, 6.07) is 3.33. The first-order chi connectivity index (χ1) is 8.21. The average Bonchev–Trinajstić information content (AvgIpc) is 2.33. The zero-order valence-corrected chi connectivity index (χ0v) is 9.70. The Balaban J connectivity index is 2.09. The molecule has 1 spiro atoms. The zero-order chi connectivity index (χ0) is 11.9. The quantitative estimate of drug-likeness (QED) is 0.592. The smallest absolute Gasteiger partial charge is 0.157 e. The molecule has 1 aliphatic carbocycles. The van der Waals surface area contributed by atoms with Crippen LogP contribution in [0.4, 0.5) is 0 Å². The Morgan fingerprint density at radius 1 is 1.24 bits per heavy atom. The summed E-state index contributed by atoms with van der Waals surface area (Å²) in [7, 11) is 0. The fourth-order valence-corrected chi connectivity index (χ4v) is 2.94. The summed E-state index contributed by atoms with van der Waals surface area (Å²) >= 11 is 0. The summed E-state index contributed by atoms with van der Waals surface area (Å²) in [6.07, 6.45) is 2.96. The first-order valence-corrected chi connectivity index (χ1v) is 6.11. The third kappa shape index (κ3) is 1.68. The van der Waals surface area contributed by atoms with Crippen molar-refractivity contribution in [3.05, 3.63) is 23.3 Å². The Morgan fingerprint density at radius 3 is 2.82 bits per heavy atom. The molecule has 4 heteroatoms. The molecule has 1 aromatic rings. The van der Waals surface area contributed by atoms with E-state index in [-0.39, 0.29) is 17.1 Å². The fourth-order valence-electron chi connectivity index (χ4n) is 2.94. The van der Waals surface area contributed by atoms with Crippen LogP contribution in [0, 0.1) is 0 Å². The van der Waals surface area contributed by atoms with Crippen LogP contribution < -0.4 is 5.32 Å². The SMILES string of the molecule is Oc1cc2c(cc1O)C1(CCC2)CNCCO1. The molecule has 1 unspecified atom stereocenters. The van der Waals surface area contributed by atoms with Gasteiger partial charge in [0.1, 0.15) is 5.60 Å². The van der Waals surface area contributed by atoms with Gasteiger partial charge in [0.25, 0.3) is 0 Å². The molecule has 0 radical (unpaired) electrons. The molecule has 4 nitrogen and oxygen atoms in total. The topological polar surface area (TPSA) is 61.7 Å². The van der Waals surface area contributed by atoms with E-state index in [1.807, 2.05) is 0 Å². The molecular formula is C13H17NO3. The van der Waals surface area contributed by atoms with Crippen LogP contribution >= 0.6 is 0 Å². The Kier molecular flexibility index (Phi) is 2.49. The second-order valence-electron chi connectivity index (χ2n) is 4.87. The summed E-state index contributed by atoms with van der Waals surface area (Å²) in [5.74, 6) is -0.0937. The molecule has 2 aliphatic rings. The lowest BCUT2D eigenvalue weighted by molar-refractivity contribution is -0.0820. The fraction of sp³-hybridized carbons (Fsp3) is 0.538. The predicted octanol–water partition coefficient (Wildman–Crippen LogP) is 1.25. The van der Waals surface area contributed by atoms with E-state index in [4.69, 9.17) is 4.74 Å². The van der Waals surface area contributed by atoms with Crippen molar-refractivity contribution < 1.29 is 14.9 Å². The molecule has 1 aromatic carbocycles. The van der Waals surface area contributed by atoms with E-state index in [1.54, 1.807) is 12.1 Å². The number of hydrogen-bond donors (Lipinski definition) is 3. The van der Waals surface area contributed by atoms with E-state index in [0.29, 0.717) is 6.61 Å². The van der Waals surface area contributed by atoms with Gasteiger partial charge < -0.3 is 20.3 Å². The second-order valence-corrected chi connectivity index (χ2v) is 4.87. The van der Waals surface area contributed by atoms with Crippen molar-refractivity contribution in [3.63, 3.8) is 0 Å². The number of ether oxygens (including phenoxy) is 1. The molecule has 3 rings (SSSR count). The number of aryl methyl sites for hydroxylation is 1. The molecule has 1 fully saturated rings. The summed E-state index contributed by atoms with van der Waals surface area (Å²) in [5.41, 5.74) is 1.82. The van der Waals surface area contributed by atoms with E-state index >= 15 is 0 Å². The molecule has 0 saturated carbocycles. The van der Waals surface area contributed by atoms with Crippen LogP contribution in [0.15, 0.2) is 12.1 Å². The van der Waals surface area contributed by atoms with E-state index in [0.717, 1.165) is 43.5 Å². The number of nitrogens with one attached hydrogen (secondary N) is 1. The summed E-state index contributed by atoms with van der Waals surface area (Å²) < 4.78 is 5.97. The standard InChI is InChI=1S/C13H17NO3/c15-11-6-9-2-1-3-13(8-14-4-5-17-13)10(9)7-12(11)16/h6-7,14-16H,1-5,8H2. The molecule has 92 valence electrons. The second kappa shape index (κ2) is 3.89. The molecular weight excluding hydrogens is 218 g/mol. The molecule has 1 heterocycles. The first-order valence-electron chi connectivity index (χ1n) is 6.11. The van der Waals surface area contributed by atoms with Crippen molar-refractivity contribution in [2.45, 2.75) is 24.9 Å². The minimum Gasteiger partial charge on any atom is -0.504 e. The van der Waals surface area contributed by atoms with Gasteiger partial charge in [0.05, 0.1) is 6.61 Å². The summed E-state index contributed by atoms with van der Waals surface area (Å²) in [6.45, 7) is 2.35.